The number of carbonyl (C=O) groups is 2. The van der Waals surface area contributed by atoms with Crippen molar-refractivity contribution in [3.63, 3.8) is 0 Å². The molecule has 2 aromatic carbocycles. The first-order chi connectivity index (χ1) is 18.8. The quantitative estimate of drug-likeness (QED) is 0.369. The summed E-state index contributed by atoms with van der Waals surface area (Å²) in [5.74, 6) is -0.920. The van der Waals surface area contributed by atoms with Gasteiger partial charge >= 0.3 is 11.4 Å². The average Bonchev–Trinajstić information content (AvgIpc) is 3.20. The van der Waals surface area contributed by atoms with Gasteiger partial charge in [0.25, 0.3) is 0 Å². The molecular formula is C29H22BrN3O6. The van der Waals surface area contributed by atoms with Crippen LogP contribution in [0, 0.1) is 5.92 Å². The number of allylic oxidation sites excluding steroid dienone is 7. The van der Waals surface area contributed by atoms with Crippen LogP contribution >= 0.6 is 15.9 Å². The van der Waals surface area contributed by atoms with Crippen molar-refractivity contribution < 1.29 is 19.4 Å². The minimum Gasteiger partial charge on any atom is -0.504 e. The van der Waals surface area contributed by atoms with Crippen molar-refractivity contribution in [1.29, 1.82) is 0 Å². The Kier molecular flexibility index (Phi) is 5.99. The predicted molar refractivity (Wildman–Crippen MR) is 147 cm³/mol. The van der Waals surface area contributed by atoms with E-state index in [-0.39, 0.29) is 34.8 Å². The van der Waals surface area contributed by atoms with Gasteiger partial charge in [-0.25, -0.2) is 23.5 Å². The Balaban J connectivity index is 1.51. The SMILES string of the molecule is COc1cc(C=C[C@H]2C3=CCn4c(=O)n(-c5ccccc5)c(=O)n4[C@@H]3CC3=C2C(=O)C=C(Br)C3=O)ccc1O. The second kappa shape index (κ2) is 9.39. The lowest BCUT2D eigenvalue weighted by Gasteiger charge is -2.38. The second-order valence-electron chi connectivity index (χ2n) is 9.43. The van der Waals surface area contributed by atoms with Crippen molar-refractivity contribution in [2.75, 3.05) is 7.11 Å². The molecule has 9 nitrogen and oxygen atoms in total. The van der Waals surface area contributed by atoms with Gasteiger partial charge in [-0.15, -0.1) is 0 Å². The highest BCUT2D eigenvalue weighted by Crippen LogP contribution is 2.46. The van der Waals surface area contributed by atoms with E-state index in [1.54, 1.807) is 48.5 Å². The third-order valence-corrected chi connectivity index (χ3v) is 7.93. The molecule has 0 saturated carbocycles. The summed E-state index contributed by atoms with van der Waals surface area (Å²) in [4.78, 5) is 53.5. The lowest BCUT2D eigenvalue weighted by atomic mass is 9.71. The highest BCUT2D eigenvalue weighted by atomic mass is 79.9. The van der Waals surface area contributed by atoms with E-state index in [4.69, 9.17) is 4.74 Å². The number of aromatic nitrogens is 3. The third-order valence-electron chi connectivity index (χ3n) is 7.35. The van der Waals surface area contributed by atoms with E-state index in [0.29, 0.717) is 28.1 Å². The molecule has 0 radical (unpaired) electrons. The molecule has 1 aliphatic heterocycles. The van der Waals surface area contributed by atoms with Crippen molar-refractivity contribution >= 4 is 33.6 Å². The lowest BCUT2D eigenvalue weighted by molar-refractivity contribution is -0.116. The summed E-state index contributed by atoms with van der Waals surface area (Å²) < 4.78 is 9.27. The Labute approximate surface area is 230 Å². The molecule has 0 fully saturated rings. The molecule has 1 aromatic heterocycles. The lowest BCUT2D eigenvalue weighted by Crippen LogP contribution is -2.41. The van der Waals surface area contributed by atoms with Crippen LogP contribution < -0.4 is 16.1 Å². The van der Waals surface area contributed by atoms with Gasteiger partial charge in [0, 0.05) is 29.6 Å². The molecule has 0 amide bonds. The summed E-state index contributed by atoms with van der Waals surface area (Å²) in [5, 5.41) is 9.95. The number of fused-ring (bicyclic) bond motifs is 3. The van der Waals surface area contributed by atoms with Gasteiger partial charge in [-0.2, -0.15) is 0 Å². The zero-order chi connectivity index (χ0) is 27.4. The fourth-order valence-corrected chi connectivity index (χ4v) is 6.01. The van der Waals surface area contributed by atoms with Crippen molar-refractivity contribution in [1.82, 2.24) is 13.9 Å². The molecule has 0 bridgehead atoms. The van der Waals surface area contributed by atoms with E-state index in [9.17, 15) is 24.3 Å². The number of hydrogen-bond donors (Lipinski definition) is 1. The molecular weight excluding hydrogens is 566 g/mol. The first kappa shape index (κ1) is 24.9. The minimum absolute atomic E-state index is 0.00400. The maximum Gasteiger partial charge on any atom is 0.352 e. The Morgan fingerprint density at radius 3 is 2.56 bits per heavy atom. The monoisotopic (exact) mass is 587 g/mol. The maximum atomic E-state index is 13.7. The number of Topliss-reactive ketones (excluding diaryl/α,β-unsaturated/α-hetero) is 1. The Bertz CT molecular complexity index is 1800. The summed E-state index contributed by atoms with van der Waals surface area (Å²) in [6.07, 6.45) is 6.84. The van der Waals surface area contributed by atoms with E-state index in [2.05, 4.69) is 15.9 Å². The van der Waals surface area contributed by atoms with Gasteiger partial charge in [0.1, 0.15) is 0 Å². The zero-order valence-corrected chi connectivity index (χ0v) is 22.3. The van der Waals surface area contributed by atoms with Gasteiger partial charge in [0.2, 0.25) is 0 Å². The molecule has 3 aromatic rings. The number of nitrogens with zero attached hydrogens (tertiary/aromatic N) is 3. The van der Waals surface area contributed by atoms with E-state index in [1.165, 1.54) is 28.6 Å². The van der Waals surface area contributed by atoms with Crippen molar-refractivity contribution in [2.24, 2.45) is 5.92 Å². The number of phenolic OH excluding ortho intramolecular Hbond substituents is 1. The average molecular weight is 588 g/mol. The normalized spacial score (nSPS) is 20.4. The molecule has 3 aliphatic rings. The van der Waals surface area contributed by atoms with Crippen LogP contribution in [0.15, 0.2) is 97.5 Å². The highest BCUT2D eigenvalue weighted by molar-refractivity contribution is 9.12. The van der Waals surface area contributed by atoms with Gasteiger partial charge in [0.15, 0.2) is 23.1 Å². The van der Waals surface area contributed by atoms with Crippen LogP contribution in [-0.4, -0.2) is 37.7 Å². The van der Waals surface area contributed by atoms with Gasteiger partial charge in [-0.05, 0) is 51.3 Å². The zero-order valence-electron chi connectivity index (χ0n) is 20.7. The standard InChI is InChI=1S/C29H22BrN3O6/c1-39-25-13-16(8-10-23(25)34)7-9-19-18-11-12-31-28(37)32(17-5-3-2-4-6-17)29(38)33(31)22(18)14-20-26(19)24(35)15-21(30)27(20)36/h2-11,13,15,19,22,34H,12,14H2,1H3/t19-,22+/m0/s1. The van der Waals surface area contributed by atoms with Crippen LogP contribution in [0.1, 0.15) is 18.0 Å². The topological polar surface area (TPSA) is 113 Å². The van der Waals surface area contributed by atoms with Crippen LogP contribution in [0.4, 0.5) is 0 Å². The Morgan fingerprint density at radius 1 is 1.05 bits per heavy atom. The summed E-state index contributed by atoms with van der Waals surface area (Å²) in [7, 11) is 1.45. The van der Waals surface area contributed by atoms with Gasteiger partial charge in [-0.3, -0.25) is 9.59 Å². The summed E-state index contributed by atoms with van der Waals surface area (Å²) >= 11 is 3.21. The summed E-state index contributed by atoms with van der Waals surface area (Å²) in [6, 6.07) is 12.9. The largest absolute Gasteiger partial charge is 0.504 e. The van der Waals surface area contributed by atoms with Gasteiger partial charge in [-0.1, -0.05) is 42.5 Å². The highest BCUT2D eigenvalue weighted by Gasteiger charge is 2.43. The van der Waals surface area contributed by atoms with E-state index >= 15 is 0 Å². The number of hydrogen-bond acceptors (Lipinski definition) is 6. The predicted octanol–water partition coefficient (Wildman–Crippen LogP) is 3.46. The molecule has 2 atom stereocenters. The van der Waals surface area contributed by atoms with Crippen LogP contribution in [0.2, 0.25) is 0 Å². The molecule has 6 rings (SSSR count). The molecule has 196 valence electrons. The number of phenols is 1. The molecule has 0 saturated heterocycles. The fraction of sp³-hybridized carbons (Fsp3) is 0.172. The third kappa shape index (κ3) is 3.90. The Hall–Kier alpha value is -4.44. The number of carbonyl (C=O) groups excluding carboxylic acids is 2. The number of halogens is 1. The van der Waals surface area contributed by atoms with Gasteiger partial charge in [0.05, 0.1) is 29.9 Å². The fourth-order valence-electron chi connectivity index (χ4n) is 5.56. The van der Waals surface area contributed by atoms with Crippen LogP contribution in [0.25, 0.3) is 11.8 Å². The van der Waals surface area contributed by atoms with Crippen LogP contribution in [-0.2, 0) is 16.1 Å². The second-order valence-corrected chi connectivity index (χ2v) is 10.3. The van der Waals surface area contributed by atoms with Crippen LogP contribution in [0.5, 0.6) is 11.5 Å². The number of para-hydroxylation sites is 1. The number of aromatic hydroxyl groups is 1. The maximum absolute atomic E-state index is 13.7. The first-order valence-electron chi connectivity index (χ1n) is 12.2. The number of rotatable bonds is 4. The first-order valence-corrected chi connectivity index (χ1v) is 13.0. The molecule has 0 unspecified atom stereocenters. The molecule has 10 heteroatoms. The van der Waals surface area contributed by atoms with Crippen molar-refractivity contribution in [3.05, 3.63) is 114 Å². The summed E-state index contributed by atoms with van der Waals surface area (Å²) in [6.45, 7) is 0.140. The molecule has 2 heterocycles. The molecule has 1 N–H and O–H groups in total. The summed E-state index contributed by atoms with van der Waals surface area (Å²) in [5.41, 5.74) is 1.61. The van der Waals surface area contributed by atoms with Crippen LogP contribution in [0.3, 0.4) is 0 Å². The molecule has 2 aliphatic carbocycles. The molecule has 0 spiro atoms. The van der Waals surface area contributed by atoms with Crippen molar-refractivity contribution in [2.45, 2.75) is 19.0 Å². The van der Waals surface area contributed by atoms with E-state index in [1.807, 2.05) is 12.2 Å². The van der Waals surface area contributed by atoms with Gasteiger partial charge < -0.3 is 9.84 Å². The molecule has 39 heavy (non-hydrogen) atoms. The Morgan fingerprint density at radius 2 is 1.82 bits per heavy atom. The number of benzene rings is 2. The minimum atomic E-state index is -0.637. The number of ether oxygens (including phenoxy) is 1. The number of ketones is 2. The smallest absolute Gasteiger partial charge is 0.352 e. The van der Waals surface area contributed by atoms with Crippen molar-refractivity contribution in [3.8, 4) is 17.2 Å². The van der Waals surface area contributed by atoms with E-state index in [0.717, 1.165) is 10.1 Å². The van der Waals surface area contributed by atoms with E-state index < -0.39 is 23.3 Å². The number of methoxy groups -OCH3 is 1.